The highest BCUT2D eigenvalue weighted by Gasteiger charge is 2.32. The number of amides is 2. The van der Waals surface area contributed by atoms with Crippen molar-refractivity contribution < 1.29 is 37.0 Å². The summed E-state index contributed by atoms with van der Waals surface area (Å²) >= 11 is 0. The van der Waals surface area contributed by atoms with Crippen LogP contribution in [0.5, 0.6) is 5.75 Å². The number of aliphatic hydroxyl groups is 1. The van der Waals surface area contributed by atoms with E-state index in [2.05, 4.69) is 5.32 Å². The Kier molecular flexibility index (Phi) is 11.0. The van der Waals surface area contributed by atoms with Crippen LogP contribution < -0.4 is 10.1 Å². The van der Waals surface area contributed by atoms with Gasteiger partial charge < -0.3 is 24.8 Å². The van der Waals surface area contributed by atoms with Crippen LogP contribution in [0.15, 0.2) is 83.8 Å². The van der Waals surface area contributed by atoms with Gasteiger partial charge in [0.1, 0.15) is 17.6 Å². The molecule has 2 N–H and O–H groups in total. The van der Waals surface area contributed by atoms with E-state index in [4.69, 9.17) is 14.6 Å². The monoisotopic (exact) mass is 599 g/mol. The first-order chi connectivity index (χ1) is 20.3. The van der Waals surface area contributed by atoms with Crippen molar-refractivity contribution in [2.24, 2.45) is 0 Å². The Morgan fingerprint density at radius 3 is 2.31 bits per heavy atom. The molecule has 0 aliphatic carbocycles. The molecule has 4 rings (SSSR count). The molecule has 0 radical (unpaired) electrons. The highest BCUT2D eigenvalue weighted by molar-refractivity contribution is 7.89. The fourth-order valence-electron chi connectivity index (χ4n) is 4.48. The minimum Gasteiger partial charge on any atom is -0.484 e. The van der Waals surface area contributed by atoms with E-state index >= 15 is 0 Å². The molecule has 0 saturated carbocycles. The third-order valence-electron chi connectivity index (χ3n) is 6.69. The molecule has 1 aliphatic rings. The zero-order valence-corrected chi connectivity index (χ0v) is 23.8. The third kappa shape index (κ3) is 8.13. The van der Waals surface area contributed by atoms with Gasteiger partial charge in [-0.2, -0.15) is 4.31 Å². The minimum absolute atomic E-state index is 0.00775. The van der Waals surface area contributed by atoms with Gasteiger partial charge >= 0.3 is 0 Å². The molecule has 1 aliphatic heterocycles. The first kappa shape index (κ1) is 31.1. The summed E-state index contributed by atoms with van der Waals surface area (Å²) in [5.74, 6) is -1.12. The second kappa shape index (κ2) is 14.9. The predicted molar refractivity (Wildman–Crippen MR) is 152 cm³/mol. The first-order valence-electron chi connectivity index (χ1n) is 13.6. The van der Waals surface area contributed by atoms with Crippen molar-refractivity contribution in [3.63, 3.8) is 0 Å². The third-order valence-corrected chi connectivity index (χ3v) is 8.60. The largest absolute Gasteiger partial charge is 0.484 e. The Morgan fingerprint density at radius 1 is 1.00 bits per heavy atom. The molecule has 0 spiro atoms. The van der Waals surface area contributed by atoms with E-state index in [1.54, 1.807) is 30.3 Å². The van der Waals surface area contributed by atoms with Crippen molar-refractivity contribution in [3.05, 3.63) is 95.8 Å². The van der Waals surface area contributed by atoms with Crippen LogP contribution in [-0.4, -0.2) is 80.6 Å². The Labute approximate surface area is 244 Å². The van der Waals surface area contributed by atoms with Crippen LogP contribution in [0, 0.1) is 5.82 Å². The molecule has 10 nitrogen and oxygen atoms in total. The summed E-state index contributed by atoms with van der Waals surface area (Å²) in [7, 11) is -3.69. The fraction of sp³-hybridized carbons (Fsp3) is 0.333. The van der Waals surface area contributed by atoms with Gasteiger partial charge in [-0.05, 0) is 53.9 Å². The number of carbonyl (C=O) groups excluding carboxylic acids is 2. The van der Waals surface area contributed by atoms with Crippen LogP contribution in [0.2, 0.25) is 0 Å². The number of hydrogen-bond donors (Lipinski definition) is 2. The predicted octanol–water partition coefficient (Wildman–Crippen LogP) is 2.49. The summed E-state index contributed by atoms with van der Waals surface area (Å²) in [6.45, 7) is 0.879. The summed E-state index contributed by atoms with van der Waals surface area (Å²) in [5.41, 5.74) is 1.17. The summed E-state index contributed by atoms with van der Waals surface area (Å²) in [5, 5.41) is 11.9. The second-order valence-corrected chi connectivity index (χ2v) is 11.5. The quantitative estimate of drug-likeness (QED) is 0.289. The Balaban J connectivity index is 1.54. The topological polar surface area (TPSA) is 125 Å². The van der Waals surface area contributed by atoms with Gasteiger partial charge in [0, 0.05) is 32.8 Å². The van der Waals surface area contributed by atoms with E-state index < -0.39 is 40.3 Å². The molecule has 1 saturated heterocycles. The molecule has 0 bridgehead atoms. The molecule has 2 amide bonds. The number of rotatable bonds is 13. The van der Waals surface area contributed by atoms with E-state index in [1.165, 1.54) is 57.7 Å². The molecule has 42 heavy (non-hydrogen) atoms. The zero-order valence-electron chi connectivity index (χ0n) is 23.0. The van der Waals surface area contributed by atoms with Crippen molar-refractivity contribution in [2.45, 2.75) is 23.9 Å². The number of sulfonamides is 1. The number of carbonyl (C=O) groups is 2. The summed E-state index contributed by atoms with van der Waals surface area (Å²) in [4.78, 5) is 28.5. The number of aliphatic hydroxyl groups excluding tert-OH is 1. The fourth-order valence-corrected chi connectivity index (χ4v) is 5.89. The molecule has 1 heterocycles. The van der Waals surface area contributed by atoms with Crippen molar-refractivity contribution in [3.8, 4) is 5.75 Å². The van der Waals surface area contributed by atoms with Crippen molar-refractivity contribution >= 4 is 21.8 Å². The Hall–Kier alpha value is -3.84. The summed E-state index contributed by atoms with van der Waals surface area (Å²) in [6.07, 6.45) is 0.347. The van der Waals surface area contributed by atoms with E-state index in [1.807, 2.05) is 0 Å². The highest BCUT2D eigenvalue weighted by Crippen LogP contribution is 2.25. The van der Waals surface area contributed by atoms with Gasteiger partial charge in [-0.1, -0.05) is 42.5 Å². The summed E-state index contributed by atoms with van der Waals surface area (Å²) in [6, 6.07) is 19.2. The molecule has 12 heteroatoms. The van der Waals surface area contributed by atoms with Gasteiger partial charge in [0.2, 0.25) is 15.9 Å². The van der Waals surface area contributed by atoms with Crippen LogP contribution in [0.25, 0.3) is 0 Å². The summed E-state index contributed by atoms with van der Waals surface area (Å²) < 4.78 is 51.7. The van der Waals surface area contributed by atoms with Gasteiger partial charge in [0.15, 0.2) is 6.61 Å². The van der Waals surface area contributed by atoms with E-state index in [9.17, 15) is 22.4 Å². The van der Waals surface area contributed by atoms with Crippen LogP contribution in [0.4, 0.5) is 4.39 Å². The average Bonchev–Trinajstić information content (AvgIpc) is 3.02. The SMILES string of the molecule is O=C(NCCCO)[C@H](c1ccccc1)N(Cc1ccc(F)cc1)C(=O)COc1ccc(S(=O)(=O)N2CCOCC2)cc1. The zero-order chi connectivity index (χ0) is 30.0. The Morgan fingerprint density at radius 2 is 1.67 bits per heavy atom. The molecule has 1 atom stereocenters. The first-order valence-corrected chi connectivity index (χ1v) is 15.0. The lowest BCUT2D eigenvalue weighted by atomic mass is 10.0. The van der Waals surface area contributed by atoms with Gasteiger partial charge in [0.05, 0.1) is 18.1 Å². The standard InChI is InChI=1S/C30H34FN3O7S/c31-25-9-7-23(8-10-25)21-34(29(24-5-2-1-3-6-24)30(37)32-15-4-18-35)28(36)22-41-26-11-13-27(14-12-26)42(38,39)33-16-19-40-20-17-33/h1-3,5-14,29,35H,4,15-22H2,(H,32,37)/t29-/m0/s1. The van der Waals surface area contributed by atoms with Crippen LogP contribution in [-0.2, 0) is 30.9 Å². The normalized spacial score (nSPS) is 14.6. The average molecular weight is 600 g/mol. The highest BCUT2D eigenvalue weighted by atomic mass is 32.2. The number of morpholine rings is 1. The molecule has 3 aromatic rings. The number of ether oxygens (including phenoxy) is 2. The van der Waals surface area contributed by atoms with E-state index in [-0.39, 0.29) is 43.4 Å². The molecular weight excluding hydrogens is 565 g/mol. The number of nitrogens with zero attached hydrogens (tertiary/aromatic N) is 2. The maximum Gasteiger partial charge on any atom is 0.261 e. The number of hydrogen-bond acceptors (Lipinski definition) is 7. The molecule has 224 valence electrons. The van der Waals surface area contributed by atoms with Crippen molar-refractivity contribution in [2.75, 3.05) is 46.1 Å². The lowest BCUT2D eigenvalue weighted by Gasteiger charge is -2.31. The van der Waals surface area contributed by atoms with Crippen molar-refractivity contribution in [1.82, 2.24) is 14.5 Å². The smallest absolute Gasteiger partial charge is 0.261 e. The Bertz CT molecular complexity index is 1420. The van der Waals surface area contributed by atoms with Gasteiger partial charge in [0.25, 0.3) is 5.91 Å². The lowest BCUT2D eigenvalue weighted by molar-refractivity contribution is -0.143. The molecule has 0 unspecified atom stereocenters. The van der Waals surface area contributed by atoms with Crippen LogP contribution in [0.3, 0.4) is 0 Å². The molecule has 1 fully saturated rings. The lowest BCUT2D eigenvalue weighted by Crippen LogP contribution is -2.45. The number of halogens is 1. The molecule has 3 aromatic carbocycles. The maximum atomic E-state index is 13.7. The van der Waals surface area contributed by atoms with Gasteiger partial charge in [-0.15, -0.1) is 0 Å². The second-order valence-electron chi connectivity index (χ2n) is 9.61. The maximum absolute atomic E-state index is 13.7. The van der Waals surface area contributed by atoms with Gasteiger partial charge in [-0.3, -0.25) is 9.59 Å². The molecule has 0 aromatic heterocycles. The minimum atomic E-state index is -3.69. The van der Waals surface area contributed by atoms with Crippen LogP contribution in [0.1, 0.15) is 23.6 Å². The van der Waals surface area contributed by atoms with Gasteiger partial charge in [-0.25, -0.2) is 12.8 Å². The number of benzene rings is 3. The van der Waals surface area contributed by atoms with Crippen LogP contribution >= 0.6 is 0 Å². The molecular formula is C30H34FN3O7S. The van der Waals surface area contributed by atoms with E-state index in [0.717, 1.165) is 0 Å². The van der Waals surface area contributed by atoms with E-state index in [0.29, 0.717) is 30.8 Å². The van der Waals surface area contributed by atoms with Crippen molar-refractivity contribution in [1.29, 1.82) is 0 Å². The number of nitrogens with one attached hydrogen (secondary N) is 1.